The van der Waals surface area contributed by atoms with Crippen LogP contribution in [0.3, 0.4) is 0 Å². The van der Waals surface area contributed by atoms with Gasteiger partial charge >= 0.3 is 0 Å². The largest absolute Gasteiger partial charge is 0.461 e. The Morgan fingerprint density at radius 2 is 1.70 bits per heavy atom. The van der Waals surface area contributed by atoms with Crippen molar-refractivity contribution in [2.45, 2.75) is 24.9 Å². The predicted molar refractivity (Wildman–Crippen MR) is 149 cm³/mol. The third-order valence-electron chi connectivity index (χ3n) is 7.94. The molecule has 5 aromatic rings. The van der Waals surface area contributed by atoms with E-state index in [9.17, 15) is 0 Å². The highest BCUT2D eigenvalue weighted by atomic mass is 16.3. The first-order chi connectivity index (χ1) is 19.7. The van der Waals surface area contributed by atoms with Crippen LogP contribution in [0.5, 0.6) is 0 Å². The molecule has 5 aromatic heterocycles. The molecule has 2 unspecified atom stereocenters. The van der Waals surface area contributed by atoms with Crippen molar-refractivity contribution in [1.29, 1.82) is 0 Å². The molecule has 0 aromatic carbocycles. The predicted octanol–water partition coefficient (Wildman–Crippen LogP) is 2.43. The maximum absolute atomic E-state index is 6.25. The van der Waals surface area contributed by atoms with E-state index in [1.807, 2.05) is 30.9 Å². The van der Waals surface area contributed by atoms with E-state index in [0.29, 0.717) is 35.3 Å². The van der Waals surface area contributed by atoms with Crippen LogP contribution in [0, 0.1) is 5.92 Å². The number of nitrogens with zero attached hydrogens (tertiary/aromatic N) is 9. The van der Waals surface area contributed by atoms with Crippen LogP contribution in [-0.4, -0.2) is 78.2 Å². The van der Waals surface area contributed by atoms with Gasteiger partial charge in [0.25, 0.3) is 5.78 Å². The van der Waals surface area contributed by atoms with Gasteiger partial charge in [0.05, 0.1) is 12.3 Å². The maximum Gasteiger partial charge on any atom is 0.259 e. The van der Waals surface area contributed by atoms with Gasteiger partial charge in [-0.2, -0.15) is 19.5 Å². The number of nitrogen functional groups attached to an aromatic ring is 1. The minimum absolute atomic E-state index is 0.114. The molecule has 7 rings (SSSR count). The summed E-state index contributed by atoms with van der Waals surface area (Å²) in [6.07, 6.45) is 11.3. The Labute approximate surface area is 231 Å². The monoisotopic (exact) mass is 537 g/mol. The average Bonchev–Trinajstić information content (AvgIpc) is 3.69. The van der Waals surface area contributed by atoms with Gasteiger partial charge in [-0.05, 0) is 66.3 Å². The molecule has 2 saturated heterocycles. The number of furan rings is 1. The minimum Gasteiger partial charge on any atom is -0.461 e. The van der Waals surface area contributed by atoms with E-state index in [0.717, 1.165) is 39.1 Å². The van der Waals surface area contributed by atoms with Crippen molar-refractivity contribution in [1.82, 2.24) is 44.8 Å². The molecule has 0 radical (unpaired) electrons. The van der Waals surface area contributed by atoms with Crippen LogP contribution in [-0.2, 0) is 0 Å². The van der Waals surface area contributed by atoms with Crippen LogP contribution in [0.4, 0.5) is 11.9 Å². The van der Waals surface area contributed by atoms with Gasteiger partial charge in [-0.15, -0.1) is 5.10 Å². The van der Waals surface area contributed by atoms with Gasteiger partial charge in [0.15, 0.2) is 5.76 Å². The number of pyridine rings is 2. The lowest BCUT2D eigenvalue weighted by Crippen LogP contribution is -2.57. The van der Waals surface area contributed by atoms with Crippen LogP contribution in [0.15, 0.2) is 71.9 Å². The summed E-state index contributed by atoms with van der Waals surface area (Å²) in [4.78, 5) is 27.0. The normalized spacial score (nSPS) is 19.8. The SMILES string of the molecule is Nc1nc(N2CCN3CC(CNC(c4ccncc4)c4ccncc4)CCC3C2)nc2nc(-c3ccco3)nn12. The summed E-state index contributed by atoms with van der Waals surface area (Å²) >= 11 is 0. The van der Waals surface area contributed by atoms with Crippen LogP contribution in [0.1, 0.15) is 30.0 Å². The first kappa shape index (κ1) is 24.6. The quantitative estimate of drug-likeness (QED) is 0.316. The average molecular weight is 538 g/mol. The van der Waals surface area contributed by atoms with Gasteiger partial charge in [-0.25, -0.2) is 0 Å². The Hall–Kier alpha value is -4.42. The Balaban J connectivity index is 1.00. The highest BCUT2D eigenvalue weighted by Gasteiger charge is 2.34. The summed E-state index contributed by atoms with van der Waals surface area (Å²) in [7, 11) is 0. The first-order valence-electron chi connectivity index (χ1n) is 13.7. The lowest BCUT2D eigenvalue weighted by molar-refractivity contribution is 0.0939. The second-order valence-electron chi connectivity index (χ2n) is 10.4. The molecule has 12 heteroatoms. The van der Waals surface area contributed by atoms with E-state index in [1.165, 1.54) is 22.1 Å². The zero-order valence-corrected chi connectivity index (χ0v) is 22.0. The molecule has 2 fully saturated rings. The highest BCUT2D eigenvalue weighted by Crippen LogP contribution is 2.28. The lowest BCUT2D eigenvalue weighted by atomic mass is 9.90. The number of piperidine rings is 1. The molecule has 7 heterocycles. The van der Waals surface area contributed by atoms with Crippen molar-refractivity contribution in [3.63, 3.8) is 0 Å². The number of aromatic nitrogens is 7. The number of piperazine rings is 1. The molecule has 0 saturated carbocycles. The van der Waals surface area contributed by atoms with Crippen LogP contribution in [0.2, 0.25) is 0 Å². The second kappa shape index (κ2) is 10.6. The van der Waals surface area contributed by atoms with Gasteiger partial charge in [0.2, 0.25) is 17.7 Å². The minimum atomic E-state index is 0.114. The third-order valence-corrected chi connectivity index (χ3v) is 7.94. The fourth-order valence-corrected chi connectivity index (χ4v) is 5.88. The van der Waals surface area contributed by atoms with Gasteiger partial charge in [0, 0.05) is 63.6 Å². The molecule has 12 nitrogen and oxygen atoms in total. The van der Waals surface area contributed by atoms with Crippen molar-refractivity contribution in [2.24, 2.45) is 5.92 Å². The summed E-state index contributed by atoms with van der Waals surface area (Å²) in [6.45, 7) is 4.68. The van der Waals surface area contributed by atoms with Crippen molar-refractivity contribution < 1.29 is 4.42 Å². The molecule has 40 heavy (non-hydrogen) atoms. The molecular formula is C28H31N11O. The summed E-state index contributed by atoms with van der Waals surface area (Å²) in [5.41, 5.74) is 8.67. The standard InChI is InChI=1S/C28H31N11O/c29-26-34-27(35-28-33-25(36-39(26)28)23-2-1-15-40-23)38-14-13-37-17-19(3-4-22(37)18-38)16-32-24(20-5-9-30-10-6-20)21-7-11-31-12-8-21/h1-2,5-12,15,19,22,24,32H,3-4,13-14,16-18H2,(H2,29,33,34,35,36). The number of anilines is 2. The molecule has 2 atom stereocenters. The summed E-state index contributed by atoms with van der Waals surface area (Å²) < 4.78 is 6.89. The summed E-state index contributed by atoms with van der Waals surface area (Å²) in [5, 5.41) is 8.25. The van der Waals surface area contributed by atoms with E-state index in [4.69, 9.17) is 15.1 Å². The summed E-state index contributed by atoms with van der Waals surface area (Å²) in [6, 6.07) is 12.5. The molecule has 0 bridgehead atoms. The van der Waals surface area contributed by atoms with Crippen LogP contribution >= 0.6 is 0 Å². The van der Waals surface area contributed by atoms with Crippen LogP contribution < -0.4 is 16.0 Å². The Morgan fingerprint density at radius 1 is 0.925 bits per heavy atom. The Morgan fingerprint density at radius 3 is 2.42 bits per heavy atom. The van der Waals surface area contributed by atoms with Gasteiger partial charge < -0.3 is 20.4 Å². The number of fused-ring (bicyclic) bond motifs is 2. The maximum atomic E-state index is 6.25. The second-order valence-corrected chi connectivity index (χ2v) is 10.4. The zero-order valence-electron chi connectivity index (χ0n) is 22.0. The van der Waals surface area contributed by atoms with E-state index >= 15 is 0 Å². The molecule has 0 aliphatic carbocycles. The first-order valence-corrected chi connectivity index (χ1v) is 13.7. The Bertz CT molecular complexity index is 1520. The fraction of sp³-hybridized carbons (Fsp3) is 0.357. The van der Waals surface area contributed by atoms with Crippen molar-refractivity contribution in [3.05, 3.63) is 78.6 Å². The molecular weight excluding hydrogens is 506 g/mol. The number of nitrogens with two attached hydrogens (primary N) is 1. The van der Waals surface area contributed by atoms with Crippen molar-refractivity contribution in [3.8, 4) is 11.6 Å². The topological polar surface area (TPSA) is 139 Å². The highest BCUT2D eigenvalue weighted by molar-refractivity contribution is 5.53. The smallest absolute Gasteiger partial charge is 0.259 e. The van der Waals surface area contributed by atoms with Gasteiger partial charge in [-0.1, -0.05) is 0 Å². The van der Waals surface area contributed by atoms with E-state index in [-0.39, 0.29) is 12.0 Å². The molecule has 2 aliphatic rings. The number of hydrogen-bond donors (Lipinski definition) is 2. The summed E-state index contributed by atoms with van der Waals surface area (Å²) in [5.74, 6) is 2.87. The van der Waals surface area contributed by atoms with E-state index < -0.39 is 0 Å². The van der Waals surface area contributed by atoms with Crippen molar-refractivity contribution in [2.75, 3.05) is 43.4 Å². The van der Waals surface area contributed by atoms with Crippen molar-refractivity contribution >= 4 is 17.7 Å². The molecule has 3 N–H and O–H groups in total. The molecule has 0 amide bonds. The number of rotatable bonds is 7. The molecule has 0 spiro atoms. The zero-order chi connectivity index (χ0) is 26.9. The molecule has 204 valence electrons. The fourth-order valence-electron chi connectivity index (χ4n) is 5.88. The molecule has 2 aliphatic heterocycles. The number of nitrogens with one attached hydrogen (secondary N) is 1. The van der Waals surface area contributed by atoms with Gasteiger partial charge in [-0.3, -0.25) is 14.9 Å². The third kappa shape index (κ3) is 4.87. The lowest BCUT2D eigenvalue weighted by Gasteiger charge is -2.46. The van der Waals surface area contributed by atoms with E-state index in [1.54, 1.807) is 12.3 Å². The number of hydrogen-bond acceptors (Lipinski definition) is 11. The van der Waals surface area contributed by atoms with Crippen LogP contribution in [0.25, 0.3) is 17.4 Å². The van der Waals surface area contributed by atoms with Gasteiger partial charge in [0.1, 0.15) is 0 Å². The Kier molecular flexibility index (Phi) is 6.54. The van der Waals surface area contributed by atoms with E-state index in [2.05, 4.69) is 64.4 Å².